The van der Waals surface area contributed by atoms with Gasteiger partial charge in [0.25, 0.3) is 0 Å². The predicted molar refractivity (Wildman–Crippen MR) is 52.3 cm³/mol. The van der Waals surface area contributed by atoms with Crippen molar-refractivity contribution in [2.75, 3.05) is 0 Å². The Morgan fingerprint density at radius 2 is 2.31 bits per heavy atom. The standard InChI is InChI=1S/C8H11BrN2O2/c1-5-8(13)7(3-11-9)6(4-12)2-10-5/h2,11-13H,3-4H2,1H3. The number of aliphatic hydroxyl groups excluding tert-OH is 1. The lowest BCUT2D eigenvalue weighted by molar-refractivity contribution is 0.279. The van der Waals surface area contributed by atoms with Crippen LogP contribution in [0.3, 0.4) is 0 Å². The first-order valence-corrected chi connectivity index (χ1v) is 4.60. The Morgan fingerprint density at radius 3 is 2.85 bits per heavy atom. The average molecular weight is 247 g/mol. The first-order chi connectivity index (χ1) is 6.20. The van der Waals surface area contributed by atoms with Crippen LogP contribution in [0.4, 0.5) is 0 Å². The number of halogens is 1. The van der Waals surface area contributed by atoms with Gasteiger partial charge < -0.3 is 10.2 Å². The summed E-state index contributed by atoms with van der Waals surface area (Å²) in [4.78, 5) is 3.94. The largest absolute Gasteiger partial charge is 0.506 e. The van der Waals surface area contributed by atoms with Gasteiger partial charge >= 0.3 is 0 Å². The first kappa shape index (κ1) is 10.4. The number of aromatic hydroxyl groups is 1. The Morgan fingerprint density at radius 1 is 1.62 bits per heavy atom. The normalized spacial score (nSPS) is 10.4. The monoisotopic (exact) mass is 246 g/mol. The molecule has 72 valence electrons. The molecule has 0 spiro atoms. The van der Waals surface area contributed by atoms with Crippen molar-refractivity contribution >= 4 is 16.1 Å². The predicted octanol–water partition coefficient (Wildman–Crippen LogP) is 0.987. The van der Waals surface area contributed by atoms with E-state index in [1.165, 1.54) is 0 Å². The summed E-state index contributed by atoms with van der Waals surface area (Å²) >= 11 is 3.05. The van der Waals surface area contributed by atoms with Gasteiger partial charge in [0.1, 0.15) is 5.75 Å². The molecule has 1 aromatic heterocycles. The first-order valence-electron chi connectivity index (χ1n) is 3.81. The van der Waals surface area contributed by atoms with Crippen LogP contribution in [0.1, 0.15) is 16.8 Å². The number of aliphatic hydroxyl groups is 1. The molecular formula is C8H11BrN2O2. The van der Waals surface area contributed by atoms with Crippen LogP contribution in [-0.2, 0) is 13.2 Å². The Balaban J connectivity index is 3.15. The summed E-state index contributed by atoms with van der Waals surface area (Å²) in [6.45, 7) is 2.05. The van der Waals surface area contributed by atoms with E-state index in [1.807, 2.05) is 0 Å². The zero-order chi connectivity index (χ0) is 9.84. The molecule has 0 aliphatic heterocycles. The van der Waals surface area contributed by atoms with E-state index in [1.54, 1.807) is 13.1 Å². The molecule has 0 fully saturated rings. The number of pyridine rings is 1. The molecule has 3 N–H and O–H groups in total. The fourth-order valence-electron chi connectivity index (χ4n) is 1.08. The van der Waals surface area contributed by atoms with Crippen LogP contribution in [0, 0.1) is 6.92 Å². The van der Waals surface area contributed by atoms with Crippen LogP contribution in [0.2, 0.25) is 0 Å². The molecule has 0 unspecified atom stereocenters. The Labute approximate surface area is 85.0 Å². The van der Waals surface area contributed by atoms with Gasteiger partial charge in [0.15, 0.2) is 0 Å². The number of nitrogens with zero attached hydrogens (tertiary/aromatic N) is 1. The number of rotatable bonds is 3. The van der Waals surface area contributed by atoms with E-state index >= 15 is 0 Å². The number of nitrogens with one attached hydrogen (secondary N) is 1. The van der Waals surface area contributed by atoms with Crippen molar-refractivity contribution in [3.63, 3.8) is 0 Å². The summed E-state index contributed by atoms with van der Waals surface area (Å²) in [5.74, 6) is 0.138. The molecule has 1 heterocycles. The van der Waals surface area contributed by atoms with Crippen molar-refractivity contribution in [2.24, 2.45) is 0 Å². The van der Waals surface area contributed by atoms with Crippen molar-refractivity contribution in [3.8, 4) is 5.75 Å². The molecule has 0 radical (unpaired) electrons. The van der Waals surface area contributed by atoms with Crippen LogP contribution >= 0.6 is 16.1 Å². The highest BCUT2D eigenvalue weighted by Gasteiger charge is 2.09. The molecule has 0 saturated carbocycles. The summed E-state index contributed by atoms with van der Waals surface area (Å²) in [7, 11) is 0. The quantitative estimate of drug-likeness (QED) is 0.697. The fourth-order valence-corrected chi connectivity index (χ4v) is 1.36. The van der Waals surface area contributed by atoms with Gasteiger partial charge in [0.2, 0.25) is 0 Å². The highest BCUT2D eigenvalue weighted by atomic mass is 79.9. The number of aryl methyl sites for hydroxylation is 1. The Kier molecular flexibility index (Phi) is 3.65. The van der Waals surface area contributed by atoms with E-state index < -0.39 is 0 Å². The van der Waals surface area contributed by atoms with Gasteiger partial charge in [-0.05, 0) is 6.92 Å². The van der Waals surface area contributed by atoms with Gasteiger partial charge in [-0.3, -0.25) is 9.33 Å². The maximum absolute atomic E-state index is 9.61. The van der Waals surface area contributed by atoms with Crippen LogP contribution in [0.5, 0.6) is 5.75 Å². The Bertz CT molecular complexity index is 304. The average Bonchev–Trinajstić information content (AvgIpc) is 2.14. The van der Waals surface area contributed by atoms with E-state index in [9.17, 15) is 5.11 Å². The molecule has 0 aromatic carbocycles. The number of hydrogen-bond donors (Lipinski definition) is 3. The second-order valence-electron chi connectivity index (χ2n) is 2.66. The maximum Gasteiger partial charge on any atom is 0.141 e. The van der Waals surface area contributed by atoms with Crippen molar-refractivity contribution in [3.05, 3.63) is 23.0 Å². The summed E-state index contributed by atoms with van der Waals surface area (Å²) in [5, 5.41) is 18.6. The van der Waals surface area contributed by atoms with E-state index in [-0.39, 0.29) is 12.4 Å². The lowest BCUT2D eigenvalue weighted by atomic mass is 10.1. The summed E-state index contributed by atoms with van der Waals surface area (Å²) in [5.41, 5.74) is 1.87. The minimum absolute atomic E-state index is 0.120. The van der Waals surface area contributed by atoms with E-state index in [2.05, 4.69) is 25.5 Å². The van der Waals surface area contributed by atoms with Crippen molar-refractivity contribution in [1.82, 2.24) is 9.33 Å². The molecule has 0 saturated heterocycles. The van der Waals surface area contributed by atoms with E-state index in [0.29, 0.717) is 23.4 Å². The second-order valence-corrected chi connectivity index (χ2v) is 3.23. The van der Waals surface area contributed by atoms with Gasteiger partial charge in [-0.15, -0.1) is 0 Å². The Hall–Kier alpha value is -0.650. The van der Waals surface area contributed by atoms with Gasteiger partial charge in [-0.2, -0.15) is 0 Å². The molecule has 0 bridgehead atoms. The molecule has 0 amide bonds. The zero-order valence-corrected chi connectivity index (χ0v) is 8.80. The molecule has 1 aromatic rings. The van der Waals surface area contributed by atoms with Crippen molar-refractivity contribution in [2.45, 2.75) is 20.1 Å². The summed E-state index contributed by atoms with van der Waals surface area (Å²) < 4.78 is 2.74. The summed E-state index contributed by atoms with van der Waals surface area (Å²) in [6.07, 6.45) is 1.56. The molecule has 0 atom stereocenters. The highest BCUT2D eigenvalue weighted by molar-refractivity contribution is 9.08. The molecule has 0 aliphatic carbocycles. The SMILES string of the molecule is Cc1ncc(CO)c(CNBr)c1O. The smallest absolute Gasteiger partial charge is 0.141 e. The van der Waals surface area contributed by atoms with Crippen LogP contribution < -0.4 is 4.34 Å². The molecule has 4 nitrogen and oxygen atoms in total. The van der Waals surface area contributed by atoms with E-state index in [4.69, 9.17) is 5.11 Å². The molecule has 1 rings (SSSR count). The molecule has 13 heavy (non-hydrogen) atoms. The van der Waals surface area contributed by atoms with Crippen molar-refractivity contribution < 1.29 is 10.2 Å². The number of aromatic nitrogens is 1. The van der Waals surface area contributed by atoms with Gasteiger partial charge in [0.05, 0.1) is 12.3 Å². The van der Waals surface area contributed by atoms with E-state index in [0.717, 1.165) is 0 Å². The lowest BCUT2D eigenvalue weighted by Gasteiger charge is -2.09. The molecule has 0 aliphatic rings. The summed E-state index contributed by atoms with van der Waals surface area (Å²) in [6, 6.07) is 0. The fraction of sp³-hybridized carbons (Fsp3) is 0.375. The molecule has 5 heteroatoms. The lowest BCUT2D eigenvalue weighted by Crippen LogP contribution is -2.04. The maximum atomic E-state index is 9.61. The third-order valence-corrected chi connectivity index (χ3v) is 2.12. The zero-order valence-electron chi connectivity index (χ0n) is 7.21. The minimum atomic E-state index is -0.120. The third kappa shape index (κ3) is 2.18. The second kappa shape index (κ2) is 4.55. The minimum Gasteiger partial charge on any atom is -0.506 e. The third-order valence-electron chi connectivity index (χ3n) is 1.84. The van der Waals surface area contributed by atoms with Crippen LogP contribution in [-0.4, -0.2) is 15.2 Å². The van der Waals surface area contributed by atoms with Gasteiger partial charge in [-0.25, -0.2) is 0 Å². The highest BCUT2D eigenvalue weighted by Crippen LogP contribution is 2.23. The van der Waals surface area contributed by atoms with Gasteiger partial charge in [-0.1, -0.05) is 0 Å². The molecular weight excluding hydrogens is 236 g/mol. The number of hydrogen-bond acceptors (Lipinski definition) is 4. The van der Waals surface area contributed by atoms with Crippen LogP contribution in [0.25, 0.3) is 0 Å². The van der Waals surface area contributed by atoms with Gasteiger partial charge in [0, 0.05) is 40.0 Å². The topological polar surface area (TPSA) is 65.4 Å². The van der Waals surface area contributed by atoms with Crippen LogP contribution in [0.15, 0.2) is 6.20 Å². The van der Waals surface area contributed by atoms with Crippen molar-refractivity contribution in [1.29, 1.82) is 0 Å².